The minimum Gasteiger partial charge on any atom is -0.342 e. The second-order valence-corrected chi connectivity index (χ2v) is 12.0. The number of halogens is 3. The van der Waals surface area contributed by atoms with E-state index < -0.39 is 5.82 Å². The van der Waals surface area contributed by atoms with Crippen molar-refractivity contribution in [3.63, 3.8) is 0 Å². The summed E-state index contributed by atoms with van der Waals surface area (Å²) in [6, 6.07) is 10.7. The number of benzene rings is 1. The molecule has 5 aromatic rings. The lowest BCUT2D eigenvalue weighted by Crippen LogP contribution is -2.37. The Morgan fingerprint density at radius 1 is 1.10 bits per heavy atom. The minimum absolute atomic E-state index is 0.191. The fourth-order valence-corrected chi connectivity index (χ4v) is 6.93. The second kappa shape index (κ2) is 9.72. The Balaban J connectivity index is 1.17. The van der Waals surface area contributed by atoms with E-state index in [1.165, 1.54) is 22.9 Å². The molecule has 3 atom stereocenters. The molecule has 1 saturated carbocycles. The zero-order chi connectivity index (χ0) is 28.6. The smallest absolute Gasteiger partial charge is 0.255 e. The van der Waals surface area contributed by atoms with Gasteiger partial charge in [0.05, 0.1) is 20.5 Å². The van der Waals surface area contributed by atoms with Crippen molar-refractivity contribution >= 4 is 51.7 Å². The zero-order valence-electron chi connectivity index (χ0n) is 22.3. The van der Waals surface area contributed by atoms with Crippen molar-refractivity contribution in [1.29, 1.82) is 0 Å². The zero-order valence-corrected chi connectivity index (χ0v) is 25.2. The Bertz CT molecular complexity index is 1900. The van der Waals surface area contributed by atoms with E-state index in [2.05, 4.69) is 37.5 Å². The summed E-state index contributed by atoms with van der Waals surface area (Å²) in [4.78, 5) is 35.1. The van der Waals surface area contributed by atoms with Crippen LogP contribution in [0.25, 0.3) is 28.2 Å². The number of hydrogen-bond donors (Lipinski definition) is 0. The summed E-state index contributed by atoms with van der Waals surface area (Å²) in [5.74, 6) is 2.10. The molecule has 0 spiro atoms. The standard InChI is InChI=1S/C28H24ClFIN9O/c1-14-33-26-23(31)24(15-6-4-5-7-19(15)29)36-40(26)28(34-14)39-12-17-18(13-39)25(17)38(3)27-35-21(10-22(41)37(27)2)16-8-9-32-11-20(16)30/h4-11,17-18,25H,12-13H2,1-3H3/t17-,18+,25+. The van der Waals surface area contributed by atoms with Crippen LogP contribution in [-0.4, -0.2) is 60.3 Å². The molecular weight excluding hydrogens is 660 g/mol. The Morgan fingerprint density at radius 3 is 2.59 bits per heavy atom. The van der Waals surface area contributed by atoms with Crippen LogP contribution in [-0.2, 0) is 7.05 Å². The van der Waals surface area contributed by atoms with Crippen molar-refractivity contribution in [2.75, 3.05) is 29.9 Å². The maximum absolute atomic E-state index is 14.4. The fourth-order valence-electron chi connectivity index (χ4n) is 5.96. The monoisotopic (exact) mass is 683 g/mol. The summed E-state index contributed by atoms with van der Waals surface area (Å²) in [7, 11) is 3.63. The van der Waals surface area contributed by atoms with Crippen molar-refractivity contribution in [2.45, 2.75) is 13.0 Å². The number of aromatic nitrogens is 7. The van der Waals surface area contributed by atoms with Gasteiger partial charge in [-0.15, -0.1) is 0 Å². The molecule has 13 heteroatoms. The highest BCUT2D eigenvalue weighted by atomic mass is 127. The lowest BCUT2D eigenvalue weighted by molar-refractivity contribution is 0.623. The molecular formula is C28H24ClFIN9O. The first kappa shape index (κ1) is 26.3. The SMILES string of the molecule is Cc1nc(N2C[C@@H]3[C@H](C2)[C@H]3N(C)c2nc(-c3ccncc3F)cc(=O)n2C)n2nc(-c3ccccc3Cl)c(I)c2n1. The molecule has 5 heterocycles. The summed E-state index contributed by atoms with van der Waals surface area (Å²) in [6.07, 6.45) is 2.62. The molecule has 41 heavy (non-hydrogen) atoms. The van der Waals surface area contributed by atoms with Crippen LogP contribution in [0.1, 0.15) is 5.82 Å². The van der Waals surface area contributed by atoms with Crippen LogP contribution in [0, 0.1) is 28.1 Å². The van der Waals surface area contributed by atoms with Gasteiger partial charge in [0.15, 0.2) is 11.5 Å². The molecule has 0 bridgehead atoms. The van der Waals surface area contributed by atoms with Crippen molar-refractivity contribution in [1.82, 2.24) is 34.1 Å². The van der Waals surface area contributed by atoms with Crippen LogP contribution >= 0.6 is 34.2 Å². The predicted molar refractivity (Wildman–Crippen MR) is 163 cm³/mol. The van der Waals surface area contributed by atoms with Gasteiger partial charge in [-0.1, -0.05) is 29.8 Å². The number of anilines is 2. The molecule has 2 aliphatic rings. The highest BCUT2D eigenvalue weighted by Gasteiger charge is 2.59. The van der Waals surface area contributed by atoms with E-state index in [0.717, 1.165) is 45.7 Å². The summed E-state index contributed by atoms with van der Waals surface area (Å²) < 4.78 is 18.7. The molecule has 7 rings (SSSR count). The third-order valence-corrected chi connectivity index (χ3v) is 9.33. The van der Waals surface area contributed by atoms with Crippen molar-refractivity contribution in [2.24, 2.45) is 18.9 Å². The summed E-state index contributed by atoms with van der Waals surface area (Å²) in [6.45, 7) is 3.44. The molecule has 1 aliphatic heterocycles. The van der Waals surface area contributed by atoms with Gasteiger partial charge in [-0.3, -0.25) is 14.3 Å². The summed E-state index contributed by atoms with van der Waals surface area (Å²) in [5, 5.41) is 5.53. The Labute approximate surface area is 253 Å². The van der Waals surface area contributed by atoms with Crippen LogP contribution in [0.4, 0.5) is 16.3 Å². The number of rotatable bonds is 5. The third-order valence-electron chi connectivity index (χ3n) is 8.01. The lowest BCUT2D eigenvalue weighted by Gasteiger charge is -2.27. The van der Waals surface area contributed by atoms with Crippen LogP contribution < -0.4 is 15.4 Å². The topological polar surface area (TPSA) is 97.3 Å². The van der Waals surface area contributed by atoms with Crippen LogP contribution in [0.15, 0.2) is 53.6 Å². The first-order valence-corrected chi connectivity index (χ1v) is 14.5. The van der Waals surface area contributed by atoms with Crippen molar-refractivity contribution in [3.05, 3.63) is 79.4 Å². The first-order chi connectivity index (χ1) is 19.7. The quantitative estimate of drug-likeness (QED) is 0.254. The van der Waals surface area contributed by atoms with Gasteiger partial charge < -0.3 is 9.80 Å². The van der Waals surface area contributed by atoms with E-state index in [9.17, 15) is 9.18 Å². The third kappa shape index (κ3) is 4.26. The molecule has 1 saturated heterocycles. The van der Waals surface area contributed by atoms with E-state index in [1.54, 1.807) is 7.05 Å². The molecule has 0 radical (unpaired) electrons. The van der Waals surface area contributed by atoms with Gasteiger partial charge in [0.25, 0.3) is 5.56 Å². The van der Waals surface area contributed by atoms with E-state index >= 15 is 0 Å². The van der Waals surface area contributed by atoms with Gasteiger partial charge in [0, 0.05) is 68.5 Å². The number of hydrogen-bond acceptors (Lipinski definition) is 8. The Hall–Kier alpha value is -3.65. The lowest BCUT2D eigenvalue weighted by atomic mass is 10.1. The molecule has 0 amide bonds. The number of pyridine rings is 1. The van der Waals surface area contributed by atoms with Gasteiger partial charge in [0.1, 0.15) is 11.5 Å². The van der Waals surface area contributed by atoms with Crippen LogP contribution in [0.3, 0.4) is 0 Å². The van der Waals surface area contributed by atoms with Gasteiger partial charge >= 0.3 is 0 Å². The summed E-state index contributed by atoms with van der Waals surface area (Å²) >= 11 is 8.78. The van der Waals surface area contributed by atoms with Gasteiger partial charge in [-0.2, -0.15) is 14.6 Å². The summed E-state index contributed by atoms with van der Waals surface area (Å²) in [5.41, 5.74) is 2.67. The highest BCUT2D eigenvalue weighted by molar-refractivity contribution is 14.1. The fraction of sp³-hybridized carbons (Fsp3) is 0.286. The molecule has 10 nitrogen and oxygen atoms in total. The average molecular weight is 684 g/mol. The molecule has 0 N–H and O–H groups in total. The normalized spacial score (nSPS) is 19.6. The van der Waals surface area contributed by atoms with E-state index in [4.69, 9.17) is 26.7 Å². The molecule has 0 unspecified atom stereocenters. The molecule has 2 fully saturated rings. The van der Waals surface area contributed by atoms with E-state index in [0.29, 0.717) is 34.3 Å². The molecule has 1 aromatic carbocycles. The molecule has 4 aromatic heterocycles. The van der Waals surface area contributed by atoms with Gasteiger partial charge in [-0.25, -0.2) is 14.4 Å². The Morgan fingerprint density at radius 2 is 1.85 bits per heavy atom. The maximum atomic E-state index is 14.4. The van der Waals surface area contributed by atoms with Gasteiger partial charge in [0.2, 0.25) is 11.9 Å². The molecule has 208 valence electrons. The van der Waals surface area contributed by atoms with Crippen molar-refractivity contribution < 1.29 is 4.39 Å². The number of piperidine rings is 1. The minimum atomic E-state index is -0.516. The maximum Gasteiger partial charge on any atom is 0.255 e. The van der Waals surface area contributed by atoms with Crippen LogP contribution in [0.5, 0.6) is 0 Å². The largest absolute Gasteiger partial charge is 0.342 e. The van der Waals surface area contributed by atoms with Crippen LogP contribution in [0.2, 0.25) is 5.02 Å². The number of nitrogens with zero attached hydrogens (tertiary/aromatic N) is 9. The molecule has 1 aliphatic carbocycles. The average Bonchev–Trinajstić information content (AvgIpc) is 3.27. The second-order valence-electron chi connectivity index (χ2n) is 10.5. The van der Waals surface area contributed by atoms with E-state index in [1.807, 2.05) is 47.7 Å². The van der Waals surface area contributed by atoms with E-state index in [-0.39, 0.29) is 17.2 Å². The first-order valence-electron chi connectivity index (χ1n) is 13.1. The Kier molecular flexibility index (Phi) is 6.23. The van der Waals surface area contributed by atoms with Gasteiger partial charge in [-0.05, 0) is 41.6 Å². The number of fused-ring (bicyclic) bond motifs is 2. The number of aryl methyl sites for hydroxylation is 1. The van der Waals surface area contributed by atoms with Crippen molar-refractivity contribution in [3.8, 4) is 22.5 Å². The predicted octanol–water partition coefficient (Wildman–Crippen LogP) is 4.22. The highest BCUT2D eigenvalue weighted by Crippen LogP contribution is 2.50.